The van der Waals surface area contributed by atoms with E-state index in [-0.39, 0.29) is 35.6 Å². The third-order valence-corrected chi connectivity index (χ3v) is 2.78. The van der Waals surface area contributed by atoms with Gasteiger partial charge in [-0.1, -0.05) is 19.9 Å². The van der Waals surface area contributed by atoms with Crippen LogP contribution in [0.1, 0.15) is 24.2 Å². The van der Waals surface area contributed by atoms with Gasteiger partial charge in [0, 0.05) is 0 Å². The number of hydrogen-bond donors (Lipinski definition) is 3. The monoisotopic (exact) mass is 253 g/mol. The number of phenols is 1. The van der Waals surface area contributed by atoms with Crippen LogP contribution in [0.2, 0.25) is 0 Å². The summed E-state index contributed by atoms with van der Waals surface area (Å²) in [5, 5.41) is 21.7. The minimum Gasteiger partial charge on any atom is -0.504 e. The Balaban J connectivity index is 2.91. The van der Waals surface area contributed by atoms with Crippen LogP contribution in [0, 0.1) is 5.92 Å². The summed E-state index contributed by atoms with van der Waals surface area (Å²) in [7, 11) is 1.42. The zero-order chi connectivity index (χ0) is 13.7. The highest BCUT2D eigenvalue weighted by Crippen LogP contribution is 2.29. The smallest absolute Gasteiger partial charge is 0.255 e. The summed E-state index contributed by atoms with van der Waals surface area (Å²) in [6, 6.07) is 4.35. The van der Waals surface area contributed by atoms with Gasteiger partial charge in [0.25, 0.3) is 5.91 Å². The summed E-state index contributed by atoms with van der Waals surface area (Å²) in [6.45, 7) is 3.65. The Bertz CT molecular complexity index is 417. The molecule has 0 saturated heterocycles. The summed E-state index contributed by atoms with van der Waals surface area (Å²) in [6.07, 6.45) is 0. The molecule has 5 heteroatoms. The van der Waals surface area contributed by atoms with E-state index < -0.39 is 5.91 Å². The van der Waals surface area contributed by atoms with Crippen LogP contribution in [-0.4, -0.2) is 35.9 Å². The number of nitrogens with one attached hydrogen (secondary N) is 1. The van der Waals surface area contributed by atoms with Crippen LogP contribution < -0.4 is 10.1 Å². The van der Waals surface area contributed by atoms with Crippen molar-refractivity contribution in [1.29, 1.82) is 0 Å². The summed E-state index contributed by atoms with van der Waals surface area (Å²) < 4.78 is 4.94. The van der Waals surface area contributed by atoms with E-state index in [1.807, 2.05) is 13.8 Å². The molecule has 0 saturated carbocycles. The lowest BCUT2D eigenvalue weighted by Crippen LogP contribution is -2.41. The molecular formula is C13H19NO4. The lowest BCUT2D eigenvalue weighted by molar-refractivity contribution is 0.0893. The van der Waals surface area contributed by atoms with E-state index in [1.54, 1.807) is 12.1 Å². The maximum atomic E-state index is 12.0. The average Bonchev–Trinajstić information content (AvgIpc) is 2.35. The van der Waals surface area contributed by atoms with Crippen molar-refractivity contribution in [3.63, 3.8) is 0 Å². The predicted molar refractivity (Wildman–Crippen MR) is 67.8 cm³/mol. The standard InChI is InChI=1S/C13H19NO4/c1-8(2)10(7-15)14-13(17)9-5-4-6-11(18-3)12(9)16/h4-6,8,10,15-16H,7H2,1-3H3,(H,14,17)/t10-/m1/s1. The number of amides is 1. The fourth-order valence-corrected chi connectivity index (χ4v) is 1.54. The van der Waals surface area contributed by atoms with Gasteiger partial charge in [0.1, 0.15) is 0 Å². The number of carbonyl (C=O) groups is 1. The van der Waals surface area contributed by atoms with Gasteiger partial charge in [-0.25, -0.2) is 0 Å². The van der Waals surface area contributed by atoms with Gasteiger partial charge in [-0.05, 0) is 18.1 Å². The molecule has 0 aromatic heterocycles. The van der Waals surface area contributed by atoms with Crippen LogP contribution in [-0.2, 0) is 0 Å². The molecule has 0 aliphatic rings. The number of para-hydroxylation sites is 1. The van der Waals surface area contributed by atoms with Crippen molar-refractivity contribution in [2.75, 3.05) is 13.7 Å². The molecule has 3 N–H and O–H groups in total. The molecule has 0 bridgehead atoms. The first-order chi connectivity index (χ1) is 8.51. The maximum Gasteiger partial charge on any atom is 0.255 e. The van der Waals surface area contributed by atoms with Gasteiger partial charge < -0.3 is 20.3 Å². The minimum atomic E-state index is -0.431. The van der Waals surface area contributed by atoms with Crippen LogP contribution in [0.5, 0.6) is 11.5 Å². The molecule has 1 aromatic rings. The Morgan fingerprint density at radius 1 is 1.44 bits per heavy atom. The van der Waals surface area contributed by atoms with Gasteiger partial charge in [-0.3, -0.25) is 4.79 Å². The molecule has 18 heavy (non-hydrogen) atoms. The van der Waals surface area contributed by atoms with Crippen molar-refractivity contribution in [1.82, 2.24) is 5.32 Å². The highest BCUT2D eigenvalue weighted by Gasteiger charge is 2.19. The summed E-state index contributed by atoms with van der Waals surface area (Å²) in [4.78, 5) is 12.0. The van der Waals surface area contributed by atoms with Crippen LogP contribution in [0.15, 0.2) is 18.2 Å². The molecule has 0 fully saturated rings. The quantitative estimate of drug-likeness (QED) is 0.735. The second-order valence-electron chi connectivity index (χ2n) is 4.36. The van der Waals surface area contributed by atoms with Crippen LogP contribution in [0.4, 0.5) is 0 Å². The summed E-state index contributed by atoms with van der Waals surface area (Å²) in [5.41, 5.74) is 0.133. The maximum absolute atomic E-state index is 12.0. The number of aromatic hydroxyl groups is 1. The van der Waals surface area contributed by atoms with Crippen molar-refractivity contribution in [3.05, 3.63) is 23.8 Å². The van der Waals surface area contributed by atoms with Crippen LogP contribution in [0.3, 0.4) is 0 Å². The molecule has 1 amide bonds. The molecule has 0 radical (unpaired) electrons. The second-order valence-corrected chi connectivity index (χ2v) is 4.36. The number of methoxy groups -OCH3 is 1. The third kappa shape index (κ3) is 3.13. The van der Waals surface area contributed by atoms with E-state index in [4.69, 9.17) is 9.84 Å². The molecule has 100 valence electrons. The lowest BCUT2D eigenvalue weighted by Gasteiger charge is -2.20. The first-order valence-electron chi connectivity index (χ1n) is 5.79. The Hall–Kier alpha value is -1.75. The van der Waals surface area contributed by atoms with Gasteiger partial charge in [0.05, 0.1) is 25.3 Å². The Labute approximate surface area is 106 Å². The SMILES string of the molecule is COc1cccc(C(=O)N[C@H](CO)C(C)C)c1O. The van der Waals surface area contributed by atoms with E-state index in [2.05, 4.69) is 5.32 Å². The molecule has 1 atom stereocenters. The third-order valence-electron chi connectivity index (χ3n) is 2.78. The summed E-state index contributed by atoms with van der Waals surface area (Å²) >= 11 is 0. The number of ether oxygens (including phenoxy) is 1. The zero-order valence-corrected chi connectivity index (χ0v) is 10.8. The van der Waals surface area contributed by atoms with Crippen molar-refractivity contribution in [2.24, 2.45) is 5.92 Å². The highest BCUT2D eigenvalue weighted by molar-refractivity contribution is 5.97. The van der Waals surface area contributed by atoms with Crippen molar-refractivity contribution in [3.8, 4) is 11.5 Å². The Morgan fingerprint density at radius 2 is 2.11 bits per heavy atom. The number of rotatable bonds is 5. The van der Waals surface area contributed by atoms with Gasteiger partial charge in [0.2, 0.25) is 0 Å². The van der Waals surface area contributed by atoms with E-state index in [0.717, 1.165) is 0 Å². The van der Waals surface area contributed by atoms with Gasteiger partial charge in [-0.15, -0.1) is 0 Å². The topological polar surface area (TPSA) is 78.8 Å². The molecular weight excluding hydrogens is 234 g/mol. The second kappa shape index (κ2) is 6.26. The molecule has 0 aliphatic heterocycles. The Kier molecular flexibility index (Phi) is 4.97. The number of phenolic OH excluding ortho intramolecular Hbond substituents is 1. The Morgan fingerprint density at radius 3 is 2.61 bits per heavy atom. The fourth-order valence-electron chi connectivity index (χ4n) is 1.54. The zero-order valence-electron chi connectivity index (χ0n) is 10.8. The lowest BCUT2D eigenvalue weighted by atomic mass is 10.0. The molecule has 5 nitrogen and oxygen atoms in total. The van der Waals surface area contributed by atoms with Crippen molar-refractivity contribution < 1.29 is 19.7 Å². The van der Waals surface area contributed by atoms with Gasteiger partial charge >= 0.3 is 0 Å². The molecule has 0 spiro atoms. The van der Waals surface area contributed by atoms with E-state index in [1.165, 1.54) is 13.2 Å². The van der Waals surface area contributed by atoms with E-state index in [9.17, 15) is 9.90 Å². The first kappa shape index (κ1) is 14.3. The van der Waals surface area contributed by atoms with Crippen molar-refractivity contribution in [2.45, 2.75) is 19.9 Å². The highest BCUT2D eigenvalue weighted by atomic mass is 16.5. The number of benzene rings is 1. The number of hydrogen-bond acceptors (Lipinski definition) is 4. The van der Waals surface area contributed by atoms with E-state index in [0.29, 0.717) is 0 Å². The molecule has 1 rings (SSSR count). The largest absolute Gasteiger partial charge is 0.504 e. The minimum absolute atomic E-state index is 0.103. The number of carbonyl (C=O) groups excluding carboxylic acids is 1. The molecule has 0 unspecified atom stereocenters. The number of aliphatic hydroxyl groups excluding tert-OH is 1. The first-order valence-corrected chi connectivity index (χ1v) is 5.79. The molecule has 0 heterocycles. The molecule has 1 aromatic carbocycles. The van der Waals surface area contributed by atoms with Crippen LogP contribution in [0.25, 0.3) is 0 Å². The van der Waals surface area contributed by atoms with Crippen molar-refractivity contribution >= 4 is 5.91 Å². The summed E-state index contributed by atoms with van der Waals surface area (Å²) in [5.74, 6) is -0.281. The van der Waals surface area contributed by atoms with Gasteiger partial charge in [-0.2, -0.15) is 0 Å². The number of aliphatic hydroxyl groups is 1. The predicted octanol–water partition coefficient (Wildman–Crippen LogP) is 1.15. The average molecular weight is 253 g/mol. The normalized spacial score (nSPS) is 12.3. The fraction of sp³-hybridized carbons (Fsp3) is 0.462. The van der Waals surface area contributed by atoms with Crippen LogP contribution >= 0.6 is 0 Å². The molecule has 0 aliphatic carbocycles. The van der Waals surface area contributed by atoms with E-state index >= 15 is 0 Å². The van der Waals surface area contributed by atoms with Gasteiger partial charge in [0.15, 0.2) is 11.5 Å².